The third-order valence-electron chi connectivity index (χ3n) is 4.23. The summed E-state index contributed by atoms with van der Waals surface area (Å²) in [5.41, 5.74) is 1.75. The van der Waals surface area contributed by atoms with E-state index >= 15 is 0 Å². The Morgan fingerprint density at radius 1 is 1.16 bits per heavy atom. The molecule has 1 atom stereocenters. The molecule has 25 heavy (non-hydrogen) atoms. The molecule has 138 valence electrons. The Bertz CT molecular complexity index is 597. The monoisotopic (exact) mass is 365 g/mol. The number of amides is 2. The van der Waals surface area contributed by atoms with Gasteiger partial charge in [-0.05, 0) is 38.3 Å². The van der Waals surface area contributed by atoms with Crippen LogP contribution in [0.25, 0.3) is 0 Å². The quantitative estimate of drug-likeness (QED) is 0.819. The van der Waals surface area contributed by atoms with Crippen molar-refractivity contribution in [1.82, 2.24) is 19.8 Å². The second-order valence-corrected chi connectivity index (χ2v) is 7.27. The first-order valence-corrected chi connectivity index (χ1v) is 9.92. The van der Waals surface area contributed by atoms with E-state index in [2.05, 4.69) is 15.3 Å². The molecule has 0 saturated carbocycles. The largest absolute Gasteiger partial charge is 0.342 e. The van der Waals surface area contributed by atoms with Gasteiger partial charge < -0.3 is 15.1 Å². The molecule has 1 fully saturated rings. The summed E-state index contributed by atoms with van der Waals surface area (Å²) in [4.78, 5) is 36.8. The van der Waals surface area contributed by atoms with Crippen LogP contribution < -0.4 is 5.32 Å². The van der Waals surface area contributed by atoms with Crippen molar-refractivity contribution in [3.05, 3.63) is 17.5 Å². The zero-order valence-electron chi connectivity index (χ0n) is 15.4. The number of carbonyl (C=O) groups excluding carboxylic acids is 2. The summed E-state index contributed by atoms with van der Waals surface area (Å²) in [7, 11) is 0. The predicted octanol–water partition coefficient (Wildman–Crippen LogP) is 1.32. The van der Waals surface area contributed by atoms with E-state index in [4.69, 9.17) is 0 Å². The predicted molar refractivity (Wildman–Crippen MR) is 101 cm³/mol. The molecule has 0 aromatic carbocycles. The number of rotatable bonds is 6. The van der Waals surface area contributed by atoms with Crippen LogP contribution in [-0.4, -0.2) is 75.8 Å². The van der Waals surface area contributed by atoms with Crippen LogP contribution in [0.15, 0.2) is 6.07 Å². The number of hydrogen-bond donors (Lipinski definition) is 1. The van der Waals surface area contributed by atoms with Crippen LogP contribution in [-0.2, 0) is 9.59 Å². The first kappa shape index (κ1) is 19.5. The fourth-order valence-corrected chi connectivity index (χ4v) is 3.37. The number of piperazine rings is 1. The number of anilines is 1. The summed E-state index contributed by atoms with van der Waals surface area (Å²) in [6.07, 6.45) is 2.74. The molecule has 7 nitrogen and oxygen atoms in total. The minimum absolute atomic E-state index is 0.0556. The van der Waals surface area contributed by atoms with Crippen molar-refractivity contribution in [3.63, 3.8) is 0 Å². The smallest absolute Gasteiger partial charge is 0.245 e. The minimum atomic E-state index is -0.350. The van der Waals surface area contributed by atoms with E-state index in [1.807, 2.05) is 31.1 Å². The van der Waals surface area contributed by atoms with E-state index in [0.29, 0.717) is 38.5 Å². The zero-order valence-corrected chi connectivity index (χ0v) is 16.2. The molecule has 2 rings (SSSR count). The van der Waals surface area contributed by atoms with Gasteiger partial charge in [0.2, 0.25) is 17.8 Å². The standard InChI is InChI=1S/C17H27N5O2S/c1-12-11-13(2)19-17(18-12)20-15(5-10-25-4)16(24)22-8-6-21(7-9-22)14(3)23/h11,15H,5-10H2,1-4H3,(H,18,19,20)/t15-/m1/s1. The van der Waals surface area contributed by atoms with E-state index in [-0.39, 0.29) is 17.9 Å². The van der Waals surface area contributed by atoms with Crippen molar-refractivity contribution < 1.29 is 9.59 Å². The normalized spacial score (nSPS) is 15.8. The molecule has 2 heterocycles. The Hall–Kier alpha value is -1.83. The van der Waals surface area contributed by atoms with Crippen LogP contribution in [0.3, 0.4) is 0 Å². The second-order valence-electron chi connectivity index (χ2n) is 6.28. The molecular weight excluding hydrogens is 338 g/mol. The zero-order chi connectivity index (χ0) is 18.4. The minimum Gasteiger partial charge on any atom is -0.342 e. The molecule has 1 aromatic rings. The lowest BCUT2D eigenvalue weighted by Gasteiger charge is -2.36. The highest BCUT2D eigenvalue weighted by Gasteiger charge is 2.28. The summed E-state index contributed by atoms with van der Waals surface area (Å²) in [6.45, 7) is 7.73. The molecule has 2 amide bonds. The number of hydrogen-bond acceptors (Lipinski definition) is 6. The van der Waals surface area contributed by atoms with E-state index < -0.39 is 0 Å². The molecule has 0 radical (unpaired) electrons. The average Bonchev–Trinajstić information content (AvgIpc) is 2.57. The van der Waals surface area contributed by atoms with Gasteiger partial charge in [0.15, 0.2) is 0 Å². The van der Waals surface area contributed by atoms with Crippen LogP contribution >= 0.6 is 11.8 Å². The van der Waals surface area contributed by atoms with Gasteiger partial charge in [0.1, 0.15) is 6.04 Å². The molecule has 1 N–H and O–H groups in total. The topological polar surface area (TPSA) is 78.4 Å². The first-order valence-electron chi connectivity index (χ1n) is 8.52. The molecule has 0 aliphatic carbocycles. The third kappa shape index (κ3) is 5.59. The Morgan fingerprint density at radius 2 is 1.72 bits per heavy atom. The third-order valence-corrected chi connectivity index (χ3v) is 4.87. The molecule has 8 heteroatoms. The molecule has 1 aliphatic heterocycles. The van der Waals surface area contributed by atoms with Gasteiger partial charge in [0, 0.05) is 44.5 Å². The molecule has 1 saturated heterocycles. The van der Waals surface area contributed by atoms with Gasteiger partial charge >= 0.3 is 0 Å². The lowest BCUT2D eigenvalue weighted by atomic mass is 10.1. The molecule has 0 bridgehead atoms. The van der Waals surface area contributed by atoms with E-state index in [9.17, 15) is 9.59 Å². The van der Waals surface area contributed by atoms with E-state index in [1.54, 1.807) is 23.6 Å². The molecule has 0 spiro atoms. The van der Waals surface area contributed by atoms with E-state index in [1.165, 1.54) is 0 Å². The van der Waals surface area contributed by atoms with Crippen LogP contribution in [0.2, 0.25) is 0 Å². The van der Waals surface area contributed by atoms with Crippen molar-refractivity contribution in [2.75, 3.05) is 43.5 Å². The highest BCUT2D eigenvalue weighted by molar-refractivity contribution is 7.98. The maximum Gasteiger partial charge on any atom is 0.245 e. The molecule has 0 unspecified atom stereocenters. The highest BCUT2D eigenvalue weighted by atomic mass is 32.2. The Kier molecular flexibility index (Phi) is 7.04. The maximum atomic E-state index is 13.0. The summed E-state index contributed by atoms with van der Waals surface area (Å²) in [5.74, 6) is 1.49. The van der Waals surface area contributed by atoms with Crippen molar-refractivity contribution in [3.8, 4) is 0 Å². The van der Waals surface area contributed by atoms with Crippen LogP contribution in [0, 0.1) is 13.8 Å². The second kappa shape index (κ2) is 9.03. The van der Waals surface area contributed by atoms with Crippen molar-refractivity contribution in [1.29, 1.82) is 0 Å². The average molecular weight is 366 g/mol. The van der Waals surface area contributed by atoms with Crippen LogP contribution in [0.4, 0.5) is 5.95 Å². The maximum absolute atomic E-state index is 13.0. The van der Waals surface area contributed by atoms with Crippen molar-refractivity contribution in [2.45, 2.75) is 33.2 Å². The Labute approximate surface area is 153 Å². The summed E-state index contributed by atoms with van der Waals surface area (Å²) in [6, 6.07) is 1.56. The number of carbonyl (C=O) groups is 2. The fourth-order valence-electron chi connectivity index (χ4n) is 2.90. The van der Waals surface area contributed by atoms with Gasteiger partial charge in [-0.25, -0.2) is 9.97 Å². The van der Waals surface area contributed by atoms with Crippen LogP contribution in [0.5, 0.6) is 0 Å². The number of aryl methyl sites for hydroxylation is 2. The number of aromatic nitrogens is 2. The Balaban J connectivity index is 2.05. The summed E-state index contributed by atoms with van der Waals surface area (Å²) < 4.78 is 0. The Morgan fingerprint density at radius 3 is 2.24 bits per heavy atom. The fraction of sp³-hybridized carbons (Fsp3) is 0.647. The lowest BCUT2D eigenvalue weighted by Crippen LogP contribution is -2.53. The summed E-state index contributed by atoms with van der Waals surface area (Å²) >= 11 is 1.71. The van der Waals surface area contributed by atoms with Gasteiger partial charge in [-0.2, -0.15) is 11.8 Å². The first-order chi connectivity index (χ1) is 11.9. The SMILES string of the molecule is CSCC[C@@H](Nc1nc(C)cc(C)n1)C(=O)N1CCN(C(C)=O)CC1. The van der Waals surface area contributed by atoms with Gasteiger partial charge in [0.05, 0.1) is 0 Å². The van der Waals surface area contributed by atoms with Gasteiger partial charge in [-0.1, -0.05) is 0 Å². The van der Waals surface area contributed by atoms with Gasteiger partial charge in [-0.3, -0.25) is 9.59 Å². The highest BCUT2D eigenvalue weighted by Crippen LogP contribution is 2.13. The number of thioether (sulfide) groups is 1. The van der Waals surface area contributed by atoms with Gasteiger partial charge in [-0.15, -0.1) is 0 Å². The van der Waals surface area contributed by atoms with Crippen molar-refractivity contribution >= 4 is 29.5 Å². The molecular formula is C17H27N5O2S. The van der Waals surface area contributed by atoms with Crippen molar-refractivity contribution in [2.24, 2.45) is 0 Å². The number of nitrogens with one attached hydrogen (secondary N) is 1. The number of nitrogens with zero attached hydrogens (tertiary/aromatic N) is 4. The van der Waals surface area contributed by atoms with E-state index in [0.717, 1.165) is 17.1 Å². The molecule has 1 aromatic heterocycles. The molecule has 1 aliphatic rings. The van der Waals surface area contributed by atoms with Crippen LogP contribution in [0.1, 0.15) is 24.7 Å². The van der Waals surface area contributed by atoms with Gasteiger partial charge in [0.25, 0.3) is 0 Å². The lowest BCUT2D eigenvalue weighted by molar-refractivity contribution is -0.138. The summed E-state index contributed by atoms with van der Waals surface area (Å²) in [5, 5.41) is 3.22.